The number of rotatable bonds is 5. The van der Waals surface area contributed by atoms with Gasteiger partial charge in [0.2, 0.25) is 0 Å². The van der Waals surface area contributed by atoms with Gasteiger partial charge < -0.3 is 10.1 Å². The monoisotopic (exact) mass is 255 g/mol. The van der Waals surface area contributed by atoms with Gasteiger partial charge in [-0.25, -0.2) is 0 Å². The SMILES string of the molecule is CNCc1cccc(-c2cccc(OC(C)C)c2)c1. The van der Waals surface area contributed by atoms with Gasteiger partial charge in [-0.05, 0) is 55.8 Å². The molecule has 2 nitrogen and oxygen atoms in total. The summed E-state index contributed by atoms with van der Waals surface area (Å²) in [6, 6.07) is 16.8. The molecule has 0 radical (unpaired) electrons. The number of hydrogen-bond donors (Lipinski definition) is 1. The Labute approximate surface area is 115 Å². The van der Waals surface area contributed by atoms with Gasteiger partial charge >= 0.3 is 0 Å². The van der Waals surface area contributed by atoms with Crippen molar-refractivity contribution >= 4 is 0 Å². The molecule has 0 saturated heterocycles. The van der Waals surface area contributed by atoms with Gasteiger partial charge in [-0.1, -0.05) is 30.3 Å². The highest BCUT2D eigenvalue weighted by Crippen LogP contribution is 2.25. The molecule has 2 rings (SSSR count). The van der Waals surface area contributed by atoms with E-state index in [-0.39, 0.29) is 6.10 Å². The second kappa shape index (κ2) is 6.39. The third kappa shape index (κ3) is 3.83. The first-order valence-corrected chi connectivity index (χ1v) is 6.69. The van der Waals surface area contributed by atoms with Crippen LogP contribution >= 0.6 is 0 Å². The third-order valence-corrected chi connectivity index (χ3v) is 2.85. The van der Waals surface area contributed by atoms with Crippen molar-refractivity contribution in [3.05, 3.63) is 54.1 Å². The Morgan fingerprint density at radius 1 is 1.00 bits per heavy atom. The normalized spacial score (nSPS) is 10.7. The number of hydrogen-bond acceptors (Lipinski definition) is 2. The van der Waals surface area contributed by atoms with Crippen LogP contribution in [0.25, 0.3) is 11.1 Å². The summed E-state index contributed by atoms with van der Waals surface area (Å²) in [6.45, 7) is 4.97. The minimum absolute atomic E-state index is 0.200. The average Bonchev–Trinajstić information content (AvgIpc) is 2.39. The Morgan fingerprint density at radius 2 is 1.68 bits per heavy atom. The van der Waals surface area contributed by atoms with Crippen molar-refractivity contribution in [1.82, 2.24) is 5.32 Å². The molecule has 0 atom stereocenters. The second-order valence-electron chi connectivity index (χ2n) is 4.93. The van der Waals surface area contributed by atoms with Crippen molar-refractivity contribution in [2.75, 3.05) is 7.05 Å². The first kappa shape index (κ1) is 13.6. The van der Waals surface area contributed by atoms with Crippen LogP contribution in [0.15, 0.2) is 48.5 Å². The van der Waals surface area contributed by atoms with Gasteiger partial charge in [0.15, 0.2) is 0 Å². The Balaban J connectivity index is 2.28. The van der Waals surface area contributed by atoms with E-state index in [1.54, 1.807) is 0 Å². The average molecular weight is 255 g/mol. The summed E-state index contributed by atoms with van der Waals surface area (Å²) in [5, 5.41) is 3.18. The van der Waals surface area contributed by atoms with E-state index >= 15 is 0 Å². The lowest BCUT2D eigenvalue weighted by atomic mass is 10.0. The lowest BCUT2D eigenvalue weighted by molar-refractivity contribution is 0.242. The maximum Gasteiger partial charge on any atom is 0.120 e. The van der Waals surface area contributed by atoms with Gasteiger partial charge in [-0.3, -0.25) is 0 Å². The fourth-order valence-corrected chi connectivity index (χ4v) is 2.09. The summed E-state index contributed by atoms with van der Waals surface area (Å²) >= 11 is 0. The molecule has 2 aromatic rings. The summed E-state index contributed by atoms with van der Waals surface area (Å²) < 4.78 is 5.74. The summed E-state index contributed by atoms with van der Waals surface area (Å²) in [5.41, 5.74) is 3.70. The van der Waals surface area contributed by atoms with E-state index in [0.29, 0.717) is 0 Å². The second-order valence-corrected chi connectivity index (χ2v) is 4.93. The molecule has 1 N–H and O–H groups in total. The van der Waals surface area contributed by atoms with Crippen molar-refractivity contribution in [1.29, 1.82) is 0 Å². The lowest BCUT2D eigenvalue weighted by Gasteiger charge is -2.11. The van der Waals surface area contributed by atoms with Crippen molar-refractivity contribution in [3.63, 3.8) is 0 Å². The summed E-state index contributed by atoms with van der Waals surface area (Å²) in [6.07, 6.45) is 0.200. The van der Waals surface area contributed by atoms with Crippen molar-refractivity contribution in [2.45, 2.75) is 26.5 Å². The smallest absolute Gasteiger partial charge is 0.120 e. The molecule has 0 saturated carbocycles. The fraction of sp³-hybridized carbons (Fsp3) is 0.294. The molecule has 2 heteroatoms. The van der Waals surface area contributed by atoms with E-state index in [1.165, 1.54) is 16.7 Å². The van der Waals surface area contributed by atoms with E-state index in [4.69, 9.17) is 4.74 Å². The number of nitrogens with one attached hydrogen (secondary N) is 1. The quantitative estimate of drug-likeness (QED) is 0.876. The Kier molecular flexibility index (Phi) is 4.58. The topological polar surface area (TPSA) is 21.3 Å². The highest BCUT2D eigenvalue weighted by atomic mass is 16.5. The standard InChI is InChI=1S/C17H21NO/c1-13(2)19-17-9-5-8-16(11-17)15-7-4-6-14(10-15)12-18-3/h4-11,13,18H,12H2,1-3H3. The number of ether oxygens (including phenoxy) is 1. The van der Waals surface area contributed by atoms with Crippen molar-refractivity contribution < 1.29 is 4.74 Å². The third-order valence-electron chi connectivity index (χ3n) is 2.85. The van der Waals surface area contributed by atoms with Crippen LogP contribution in [0.1, 0.15) is 19.4 Å². The van der Waals surface area contributed by atoms with Gasteiger partial charge in [-0.2, -0.15) is 0 Å². The minimum atomic E-state index is 0.200. The molecule has 0 aliphatic heterocycles. The lowest BCUT2D eigenvalue weighted by Crippen LogP contribution is -2.05. The predicted octanol–water partition coefficient (Wildman–Crippen LogP) is 3.86. The predicted molar refractivity (Wildman–Crippen MR) is 80.4 cm³/mol. The van der Waals surface area contributed by atoms with E-state index in [2.05, 4.69) is 41.7 Å². The van der Waals surface area contributed by atoms with E-state index in [1.807, 2.05) is 33.0 Å². The van der Waals surface area contributed by atoms with E-state index < -0.39 is 0 Å². The van der Waals surface area contributed by atoms with E-state index in [9.17, 15) is 0 Å². The van der Waals surface area contributed by atoms with Gasteiger partial charge in [0.1, 0.15) is 5.75 Å². The molecule has 0 aliphatic carbocycles. The van der Waals surface area contributed by atoms with Crippen LogP contribution in [0.5, 0.6) is 5.75 Å². The molecular formula is C17H21NO. The van der Waals surface area contributed by atoms with Crippen LogP contribution in [0.4, 0.5) is 0 Å². The summed E-state index contributed by atoms with van der Waals surface area (Å²) in [7, 11) is 1.96. The van der Waals surface area contributed by atoms with Gasteiger partial charge in [0.25, 0.3) is 0 Å². The van der Waals surface area contributed by atoms with Crippen LogP contribution < -0.4 is 10.1 Å². The Bertz CT molecular complexity index is 534. The molecule has 19 heavy (non-hydrogen) atoms. The van der Waals surface area contributed by atoms with Gasteiger partial charge in [0.05, 0.1) is 6.10 Å². The fourth-order valence-electron chi connectivity index (χ4n) is 2.09. The highest BCUT2D eigenvalue weighted by molar-refractivity contribution is 5.65. The van der Waals surface area contributed by atoms with Gasteiger partial charge in [-0.15, -0.1) is 0 Å². The van der Waals surface area contributed by atoms with Crippen LogP contribution in [0.3, 0.4) is 0 Å². The maximum absolute atomic E-state index is 5.74. The van der Waals surface area contributed by atoms with Crippen molar-refractivity contribution in [3.8, 4) is 16.9 Å². The maximum atomic E-state index is 5.74. The first-order valence-electron chi connectivity index (χ1n) is 6.69. The molecule has 0 fully saturated rings. The molecular weight excluding hydrogens is 234 g/mol. The first-order chi connectivity index (χ1) is 9.19. The molecule has 0 unspecified atom stereocenters. The van der Waals surface area contributed by atoms with Crippen LogP contribution in [0.2, 0.25) is 0 Å². The zero-order valence-electron chi connectivity index (χ0n) is 11.8. The van der Waals surface area contributed by atoms with E-state index in [0.717, 1.165) is 12.3 Å². The molecule has 2 aromatic carbocycles. The zero-order chi connectivity index (χ0) is 13.7. The van der Waals surface area contributed by atoms with Crippen LogP contribution in [0, 0.1) is 0 Å². The summed E-state index contributed by atoms with van der Waals surface area (Å²) in [5.74, 6) is 0.923. The van der Waals surface area contributed by atoms with Crippen LogP contribution in [-0.4, -0.2) is 13.2 Å². The molecule has 0 amide bonds. The molecule has 0 aliphatic rings. The number of benzene rings is 2. The summed E-state index contributed by atoms with van der Waals surface area (Å²) in [4.78, 5) is 0. The molecule has 0 spiro atoms. The highest BCUT2D eigenvalue weighted by Gasteiger charge is 2.02. The van der Waals surface area contributed by atoms with Crippen LogP contribution in [-0.2, 0) is 6.54 Å². The molecule has 0 heterocycles. The molecule has 100 valence electrons. The van der Waals surface area contributed by atoms with Crippen molar-refractivity contribution in [2.24, 2.45) is 0 Å². The molecule has 0 bridgehead atoms. The Hall–Kier alpha value is -1.80. The van der Waals surface area contributed by atoms with Gasteiger partial charge in [0, 0.05) is 6.54 Å². The largest absolute Gasteiger partial charge is 0.491 e. The Morgan fingerprint density at radius 3 is 2.37 bits per heavy atom. The molecule has 0 aromatic heterocycles. The minimum Gasteiger partial charge on any atom is -0.491 e. The zero-order valence-corrected chi connectivity index (χ0v) is 11.8.